The summed E-state index contributed by atoms with van der Waals surface area (Å²) in [6.45, 7) is 0. The van der Waals surface area contributed by atoms with E-state index < -0.39 is 23.3 Å². The van der Waals surface area contributed by atoms with Gasteiger partial charge in [0.2, 0.25) is 0 Å². The molecule has 0 saturated carbocycles. The van der Waals surface area contributed by atoms with Crippen LogP contribution in [0.5, 0.6) is 0 Å². The largest absolute Gasteiger partial charge is 0.256 e. The molecule has 0 N–H and O–H groups in total. The average Bonchev–Trinajstić information content (AvgIpc) is 2.35. The van der Waals surface area contributed by atoms with Crippen molar-refractivity contribution in [3.63, 3.8) is 0 Å². The van der Waals surface area contributed by atoms with Gasteiger partial charge in [0, 0.05) is 11.8 Å². The number of aliphatic imine (C=N–C) groups is 1. The molecule has 2 rings (SSSR count). The molecular weight excluding hydrogens is 246 g/mol. The lowest BCUT2D eigenvalue weighted by molar-refractivity contribution is 0.446. The van der Waals surface area contributed by atoms with Crippen LogP contribution in [0.2, 0.25) is 0 Å². The van der Waals surface area contributed by atoms with Crippen molar-refractivity contribution < 1.29 is 17.6 Å². The molecule has 0 unspecified atom stereocenters. The molecule has 0 aliphatic rings. The van der Waals surface area contributed by atoms with Gasteiger partial charge in [0.05, 0.1) is 5.69 Å². The third-order valence-electron chi connectivity index (χ3n) is 2.23. The van der Waals surface area contributed by atoms with Crippen LogP contribution in [0.15, 0.2) is 41.4 Å². The molecule has 0 atom stereocenters. The van der Waals surface area contributed by atoms with Crippen molar-refractivity contribution in [2.75, 3.05) is 0 Å². The number of halogens is 4. The van der Waals surface area contributed by atoms with Gasteiger partial charge < -0.3 is 0 Å². The Morgan fingerprint density at radius 2 is 1.67 bits per heavy atom. The van der Waals surface area contributed by atoms with Gasteiger partial charge in [-0.1, -0.05) is 6.07 Å². The maximum Gasteiger partial charge on any atom is 0.195 e. The molecule has 18 heavy (non-hydrogen) atoms. The summed E-state index contributed by atoms with van der Waals surface area (Å²) in [6, 6.07) is 7.15. The molecule has 0 aliphatic carbocycles. The van der Waals surface area contributed by atoms with E-state index in [0.29, 0.717) is 0 Å². The first kappa shape index (κ1) is 12.3. The van der Waals surface area contributed by atoms with Crippen LogP contribution >= 0.6 is 0 Å². The van der Waals surface area contributed by atoms with Crippen LogP contribution < -0.4 is 0 Å². The van der Waals surface area contributed by atoms with Crippen molar-refractivity contribution in [2.24, 2.45) is 4.99 Å². The van der Waals surface area contributed by atoms with E-state index in [2.05, 4.69) is 4.99 Å². The molecule has 0 bridgehead atoms. The summed E-state index contributed by atoms with van der Waals surface area (Å²) in [5.74, 6) is -4.64. The Morgan fingerprint density at radius 1 is 0.889 bits per heavy atom. The zero-order valence-corrected chi connectivity index (χ0v) is 9.00. The van der Waals surface area contributed by atoms with E-state index in [0.717, 1.165) is 24.4 Å². The van der Waals surface area contributed by atoms with Crippen molar-refractivity contribution in [3.05, 3.63) is 65.2 Å². The summed E-state index contributed by atoms with van der Waals surface area (Å²) in [5, 5.41) is 0. The van der Waals surface area contributed by atoms with Gasteiger partial charge in [-0.05, 0) is 30.3 Å². The standard InChI is InChI=1S/C13H7F4N/c14-9-2-1-3-10(6-9)18-7-8-4-5-11(15)13(17)12(8)16/h1-7H/b18-7+. The molecule has 92 valence electrons. The van der Waals surface area contributed by atoms with Gasteiger partial charge in [-0.15, -0.1) is 0 Å². The number of benzene rings is 2. The van der Waals surface area contributed by atoms with Crippen LogP contribution in [0.3, 0.4) is 0 Å². The van der Waals surface area contributed by atoms with Crippen molar-refractivity contribution in [1.29, 1.82) is 0 Å². The van der Waals surface area contributed by atoms with E-state index >= 15 is 0 Å². The second-order valence-corrected chi connectivity index (χ2v) is 3.50. The minimum atomic E-state index is -1.56. The molecular formula is C13H7F4N. The SMILES string of the molecule is Fc1cccc(/N=C/c2ccc(F)c(F)c2F)c1. The van der Waals surface area contributed by atoms with Gasteiger partial charge in [-0.25, -0.2) is 17.6 Å². The molecule has 0 amide bonds. The highest BCUT2D eigenvalue weighted by Crippen LogP contribution is 2.16. The van der Waals surface area contributed by atoms with E-state index in [1.807, 2.05) is 0 Å². The molecule has 0 spiro atoms. The molecule has 2 aromatic carbocycles. The topological polar surface area (TPSA) is 12.4 Å². The fourth-order valence-electron chi connectivity index (χ4n) is 1.34. The van der Waals surface area contributed by atoms with Crippen LogP contribution in [0.25, 0.3) is 0 Å². The normalized spacial score (nSPS) is 11.1. The molecule has 2 aromatic rings. The Labute approximate surface area is 100 Å². The Hall–Kier alpha value is -2.17. The van der Waals surface area contributed by atoms with Gasteiger partial charge in [0.1, 0.15) is 5.82 Å². The molecule has 5 heteroatoms. The van der Waals surface area contributed by atoms with Crippen molar-refractivity contribution >= 4 is 11.9 Å². The third kappa shape index (κ3) is 2.56. The molecule has 1 nitrogen and oxygen atoms in total. The van der Waals surface area contributed by atoms with Crippen LogP contribution in [-0.4, -0.2) is 6.21 Å². The van der Waals surface area contributed by atoms with Crippen molar-refractivity contribution in [3.8, 4) is 0 Å². The lowest BCUT2D eigenvalue weighted by atomic mass is 10.2. The lowest BCUT2D eigenvalue weighted by Gasteiger charge is -1.99. The smallest absolute Gasteiger partial charge is 0.195 e. The Morgan fingerprint density at radius 3 is 2.39 bits per heavy atom. The monoisotopic (exact) mass is 253 g/mol. The predicted octanol–water partition coefficient (Wildman–Crippen LogP) is 3.99. The highest BCUT2D eigenvalue weighted by Gasteiger charge is 2.11. The summed E-state index contributed by atoms with van der Waals surface area (Å²) >= 11 is 0. The fraction of sp³-hybridized carbons (Fsp3) is 0. The Balaban J connectivity index is 2.32. The van der Waals surface area contributed by atoms with Crippen LogP contribution in [-0.2, 0) is 0 Å². The van der Waals surface area contributed by atoms with Crippen molar-refractivity contribution in [2.45, 2.75) is 0 Å². The number of hydrogen-bond acceptors (Lipinski definition) is 1. The highest BCUT2D eigenvalue weighted by atomic mass is 19.2. The minimum absolute atomic E-state index is 0.210. The quantitative estimate of drug-likeness (QED) is 0.436. The average molecular weight is 253 g/mol. The van der Waals surface area contributed by atoms with Crippen molar-refractivity contribution in [1.82, 2.24) is 0 Å². The lowest BCUT2D eigenvalue weighted by Crippen LogP contribution is -1.96. The Bertz CT molecular complexity index is 608. The molecule has 0 radical (unpaired) electrons. The van der Waals surface area contributed by atoms with E-state index in [-0.39, 0.29) is 11.3 Å². The second kappa shape index (κ2) is 5.00. The zero-order chi connectivity index (χ0) is 13.1. The first-order valence-corrected chi connectivity index (χ1v) is 5.01. The molecule has 0 aliphatic heterocycles. The maximum absolute atomic E-state index is 13.3. The molecule has 0 saturated heterocycles. The van der Waals surface area contributed by atoms with E-state index in [1.54, 1.807) is 0 Å². The first-order valence-electron chi connectivity index (χ1n) is 5.01. The number of hydrogen-bond donors (Lipinski definition) is 0. The molecule has 0 aromatic heterocycles. The maximum atomic E-state index is 13.3. The summed E-state index contributed by atoms with van der Waals surface area (Å²) in [7, 11) is 0. The summed E-state index contributed by atoms with van der Waals surface area (Å²) < 4.78 is 51.7. The van der Waals surface area contributed by atoms with Gasteiger partial charge >= 0.3 is 0 Å². The highest BCUT2D eigenvalue weighted by molar-refractivity contribution is 5.82. The number of rotatable bonds is 2. The summed E-state index contributed by atoms with van der Waals surface area (Å²) in [4.78, 5) is 3.77. The van der Waals surface area contributed by atoms with Crippen LogP contribution in [0.1, 0.15) is 5.56 Å². The molecule has 0 fully saturated rings. The van der Waals surface area contributed by atoms with Gasteiger partial charge in [-0.3, -0.25) is 4.99 Å². The summed E-state index contributed by atoms with van der Waals surface area (Å²) in [5.41, 5.74) is 0.0392. The van der Waals surface area contributed by atoms with Crippen LogP contribution in [0.4, 0.5) is 23.2 Å². The van der Waals surface area contributed by atoms with Gasteiger partial charge in [-0.2, -0.15) is 0 Å². The van der Waals surface area contributed by atoms with Crippen LogP contribution in [0, 0.1) is 23.3 Å². The van der Waals surface area contributed by atoms with Gasteiger partial charge in [0.25, 0.3) is 0 Å². The van der Waals surface area contributed by atoms with Gasteiger partial charge in [0.15, 0.2) is 17.5 Å². The zero-order valence-electron chi connectivity index (χ0n) is 9.00. The van der Waals surface area contributed by atoms with E-state index in [4.69, 9.17) is 0 Å². The van der Waals surface area contributed by atoms with E-state index in [9.17, 15) is 17.6 Å². The summed E-state index contributed by atoms with van der Waals surface area (Å²) in [6.07, 6.45) is 1.01. The minimum Gasteiger partial charge on any atom is -0.256 e. The fourth-order valence-corrected chi connectivity index (χ4v) is 1.34. The predicted molar refractivity (Wildman–Crippen MR) is 60.0 cm³/mol. The van der Waals surface area contributed by atoms with E-state index in [1.165, 1.54) is 18.2 Å². The second-order valence-electron chi connectivity index (χ2n) is 3.50. The first-order chi connectivity index (χ1) is 8.58. The number of nitrogens with zero attached hydrogens (tertiary/aromatic N) is 1. The molecule has 0 heterocycles. The Kier molecular flexibility index (Phi) is 3.41. The third-order valence-corrected chi connectivity index (χ3v) is 2.23.